The van der Waals surface area contributed by atoms with Gasteiger partial charge < -0.3 is 15.7 Å². The molecule has 4 N–H and O–H groups in total. The predicted molar refractivity (Wildman–Crippen MR) is 30.8 cm³/mol. The van der Waals surface area contributed by atoms with E-state index >= 15 is 0 Å². The van der Waals surface area contributed by atoms with Crippen molar-refractivity contribution in [1.29, 1.82) is 0 Å². The molecule has 0 saturated carbocycles. The van der Waals surface area contributed by atoms with Crippen molar-refractivity contribution >= 4 is 6.09 Å². The highest BCUT2D eigenvalue weighted by Gasteiger charge is 1.93. The third kappa shape index (κ3) is 11.0. The van der Waals surface area contributed by atoms with Crippen LogP contribution in [0.1, 0.15) is 6.42 Å². The van der Waals surface area contributed by atoms with Gasteiger partial charge in [0, 0.05) is 6.54 Å². The van der Waals surface area contributed by atoms with Gasteiger partial charge in [0.05, 0.1) is 6.61 Å². The lowest BCUT2D eigenvalue weighted by Gasteiger charge is -1.80. The first kappa shape index (κ1) is 8.19. The van der Waals surface area contributed by atoms with E-state index in [0.717, 1.165) is 13.2 Å². The van der Waals surface area contributed by atoms with Crippen molar-refractivity contribution in [3.8, 4) is 0 Å². The molecule has 0 aromatic rings. The Bertz CT molecular complexity index is 70.3. The summed E-state index contributed by atoms with van der Waals surface area (Å²) in [6, 6.07) is 0. The van der Waals surface area contributed by atoms with E-state index in [9.17, 15) is 0 Å². The smallest absolute Gasteiger partial charge is 0.402 e. The second kappa shape index (κ2) is 5.33. The summed E-state index contributed by atoms with van der Waals surface area (Å²) in [5.74, 6) is 0. The monoisotopic (exact) mass is 134 g/mol. The molecule has 1 rings (SSSR count). The maximum atomic E-state index is 8.78. The topological polar surface area (TPSA) is 84.6 Å². The third-order valence-electron chi connectivity index (χ3n) is 0.627. The Morgan fingerprint density at radius 3 is 2.44 bits per heavy atom. The number of carbonyl (C=O) groups is 1. The van der Waals surface area contributed by atoms with Gasteiger partial charge >= 0.3 is 6.09 Å². The molecule has 0 aliphatic carbocycles. The lowest BCUT2D eigenvalue weighted by Crippen LogP contribution is -2.03. The van der Waals surface area contributed by atoms with Crippen molar-refractivity contribution in [2.45, 2.75) is 6.42 Å². The van der Waals surface area contributed by atoms with Crippen molar-refractivity contribution in [3.63, 3.8) is 0 Å². The summed E-state index contributed by atoms with van der Waals surface area (Å²) in [7, 11) is 0. The number of nitrogens with two attached hydrogens (primary N) is 1. The van der Waals surface area contributed by atoms with Crippen molar-refractivity contribution in [1.82, 2.24) is 5.48 Å². The van der Waals surface area contributed by atoms with Crippen LogP contribution in [0.4, 0.5) is 4.79 Å². The van der Waals surface area contributed by atoms with Crippen LogP contribution in [0.25, 0.3) is 0 Å². The Labute approximate surface area is 52.7 Å². The van der Waals surface area contributed by atoms with E-state index in [1.807, 2.05) is 0 Å². The van der Waals surface area contributed by atoms with E-state index in [-0.39, 0.29) is 0 Å². The Balaban J connectivity index is 0.000000148. The van der Waals surface area contributed by atoms with Gasteiger partial charge in [-0.25, -0.2) is 10.3 Å². The van der Waals surface area contributed by atoms with Gasteiger partial charge in [0.15, 0.2) is 0 Å². The standard InChI is InChI=1S/C3H7NO.CH3NO2/c1-2-4-5-3-1;2-1(3)4/h4H,1-3H2;2H2,(H,3,4). The highest BCUT2D eigenvalue weighted by molar-refractivity contribution is 5.61. The molecule has 1 aliphatic rings. The second-order valence-corrected chi connectivity index (χ2v) is 1.43. The molecule has 1 aliphatic heterocycles. The van der Waals surface area contributed by atoms with E-state index in [2.05, 4.69) is 11.2 Å². The van der Waals surface area contributed by atoms with Crippen molar-refractivity contribution in [2.75, 3.05) is 13.2 Å². The minimum absolute atomic E-state index is 0.889. The molecule has 0 bridgehead atoms. The fraction of sp³-hybridized carbons (Fsp3) is 0.750. The van der Waals surface area contributed by atoms with Crippen molar-refractivity contribution < 1.29 is 14.7 Å². The molecule has 0 aromatic heterocycles. The van der Waals surface area contributed by atoms with Crippen LogP contribution in [0.5, 0.6) is 0 Å². The molecule has 5 heteroatoms. The van der Waals surface area contributed by atoms with Crippen LogP contribution in [-0.2, 0) is 4.84 Å². The molecule has 1 saturated heterocycles. The summed E-state index contributed by atoms with van der Waals surface area (Å²) in [6.45, 7) is 1.92. The van der Waals surface area contributed by atoms with Gasteiger partial charge in [-0.05, 0) is 6.42 Å². The van der Waals surface area contributed by atoms with Crippen LogP contribution < -0.4 is 11.2 Å². The van der Waals surface area contributed by atoms with E-state index in [1.54, 1.807) is 0 Å². The predicted octanol–water partition coefficient (Wildman–Crippen LogP) is -0.466. The molecular formula is C4H10N2O3. The van der Waals surface area contributed by atoms with Gasteiger partial charge in [-0.3, -0.25) is 0 Å². The van der Waals surface area contributed by atoms with Crippen LogP contribution in [0.15, 0.2) is 0 Å². The fourth-order valence-electron chi connectivity index (χ4n) is 0.361. The summed E-state index contributed by atoms with van der Waals surface area (Å²) >= 11 is 0. The quantitative estimate of drug-likeness (QED) is 0.418. The molecule has 1 amide bonds. The van der Waals surface area contributed by atoms with Crippen LogP contribution in [0.3, 0.4) is 0 Å². The zero-order chi connectivity index (χ0) is 7.11. The molecule has 0 aromatic carbocycles. The molecular weight excluding hydrogens is 124 g/mol. The highest BCUT2D eigenvalue weighted by Crippen LogP contribution is 1.83. The Kier molecular flexibility index (Phi) is 4.85. The normalized spacial score (nSPS) is 16.0. The Hall–Kier alpha value is -0.810. The maximum Gasteiger partial charge on any atom is 0.402 e. The van der Waals surface area contributed by atoms with E-state index in [1.165, 1.54) is 6.42 Å². The average Bonchev–Trinajstić information content (AvgIpc) is 2.11. The van der Waals surface area contributed by atoms with Gasteiger partial charge in [0.25, 0.3) is 0 Å². The van der Waals surface area contributed by atoms with E-state index in [0.29, 0.717) is 0 Å². The van der Waals surface area contributed by atoms with Crippen LogP contribution in [-0.4, -0.2) is 24.4 Å². The van der Waals surface area contributed by atoms with Crippen molar-refractivity contribution in [2.24, 2.45) is 5.73 Å². The number of hydrogen-bond acceptors (Lipinski definition) is 3. The molecule has 9 heavy (non-hydrogen) atoms. The first-order valence-corrected chi connectivity index (χ1v) is 2.56. The maximum absolute atomic E-state index is 8.78. The van der Waals surface area contributed by atoms with Crippen LogP contribution in [0, 0.1) is 0 Å². The largest absolute Gasteiger partial charge is 0.465 e. The number of hydroxylamine groups is 1. The number of nitrogens with one attached hydrogen (secondary N) is 1. The lowest BCUT2D eigenvalue weighted by molar-refractivity contribution is 0.103. The van der Waals surface area contributed by atoms with Gasteiger partial charge in [0.2, 0.25) is 0 Å². The van der Waals surface area contributed by atoms with Crippen molar-refractivity contribution in [3.05, 3.63) is 0 Å². The average molecular weight is 134 g/mol. The van der Waals surface area contributed by atoms with Gasteiger partial charge in [-0.1, -0.05) is 0 Å². The summed E-state index contributed by atoms with van der Waals surface area (Å²) in [5.41, 5.74) is 6.75. The molecule has 1 heterocycles. The third-order valence-corrected chi connectivity index (χ3v) is 0.627. The Morgan fingerprint density at radius 2 is 2.33 bits per heavy atom. The second-order valence-electron chi connectivity index (χ2n) is 1.43. The van der Waals surface area contributed by atoms with Crippen LogP contribution in [0.2, 0.25) is 0 Å². The van der Waals surface area contributed by atoms with Crippen LogP contribution >= 0.6 is 0 Å². The summed E-state index contributed by atoms with van der Waals surface area (Å²) in [4.78, 5) is 13.5. The number of rotatable bonds is 0. The van der Waals surface area contributed by atoms with Gasteiger partial charge in [0.1, 0.15) is 0 Å². The molecule has 1 fully saturated rings. The lowest BCUT2D eigenvalue weighted by atomic mass is 10.5. The first-order chi connectivity index (χ1) is 4.23. The molecule has 0 unspecified atom stereocenters. The summed E-state index contributed by atoms with van der Waals surface area (Å²) in [6.07, 6.45) is -0.167. The molecule has 5 nitrogen and oxygen atoms in total. The minimum atomic E-state index is -1.33. The van der Waals surface area contributed by atoms with Gasteiger partial charge in [-0.15, -0.1) is 0 Å². The zero-order valence-electron chi connectivity index (χ0n) is 4.96. The molecule has 0 radical (unpaired) electrons. The SMILES string of the molecule is C1CNOC1.NC(=O)O. The van der Waals surface area contributed by atoms with E-state index in [4.69, 9.17) is 14.7 Å². The number of carboxylic acid groups (broad SMARTS) is 1. The molecule has 0 atom stereocenters. The summed E-state index contributed by atoms with van der Waals surface area (Å²) < 4.78 is 0. The number of primary amides is 1. The Morgan fingerprint density at radius 1 is 1.78 bits per heavy atom. The first-order valence-electron chi connectivity index (χ1n) is 2.56. The minimum Gasteiger partial charge on any atom is -0.465 e. The highest BCUT2D eigenvalue weighted by atomic mass is 16.6. The number of amides is 1. The fourth-order valence-corrected chi connectivity index (χ4v) is 0.361. The summed E-state index contributed by atoms with van der Waals surface area (Å²) in [5, 5.41) is 7.19. The van der Waals surface area contributed by atoms with E-state index < -0.39 is 6.09 Å². The molecule has 0 spiro atoms. The molecule has 54 valence electrons. The zero-order valence-corrected chi connectivity index (χ0v) is 4.96. The number of hydrogen-bond donors (Lipinski definition) is 3. The van der Waals surface area contributed by atoms with Gasteiger partial charge in [-0.2, -0.15) is 0 Å².